The Bertz CT molecular complexity index is 643. The number of rotatable bonds is 5. The van der Waals surface area contributed by atoms with Crippen LogP contribution in [0.1, 0.15) is 5.56 Å². The van der Waals surface area contributed by atoms with Crippen LogP contribution in [0.3, 0.4) is 0 Å². The highest BCUT2D eigenvalue weighted by Crippen LogP contribution is 2.09. The molecule has 1 N–H and O–H groups in total. The van der Waals surface area contributed by atoms with E-state index in [1.807, 2.05) is 24.0 Å². The molecule has 0 saturated carbocycles. The monoisotopic (exact) mass is 315 g/mol. The van der Waals surface area contributed by atoms with Gasteiger partial charge in [-0.05, 0) is 24.6 Å². The number of carbonyl (C=O) groups is 1. The number of aryl methyl sites for hydroxylation is 1. The molecule has 0 bridgehead atoms. The second-order valence-electron chi connectivity index (χ2n) is 5.75. The number of aromatic nitrogens is 3. The number of hydrogen-bond acceptors (Lipinski definition) is 5. The van der Waals surface area contributed by atoms with E-state index in [-0.39, 0.29) is 12.0 Å². The molecule has 1 fully saturated rings. The summed E-state index contributed by atoms with van der Waals surface area (Å²) >= 11 is 0. The minimum Gasteiger partial charge on any atom is -0.374 e. The van der Waals surface area contributed by atoms with Gasteiger partial charge in [0.2, 0.25) is 5.91 Å². The summed E-state index contributed by atoms with van der Waals surface area (Å²) in [5.41, 5.74) is 1.90. The van der Waals surface area contributed by atoms with E-state index in [1.54, 1.807) is 24.5 Å². The minimum absolute atomic E-state index is 0.0215. The molecular formula is C16H21N5O2. The first-order chi connectivity index (χ1) is 11.2. The van der Waals surface area contributed by atoms with Crippen molar-refractivity contribution in [1.82, 2.24) is 19.7 Å². The molecule has 2 aromatic heterocycles. The Balaban J connectivity index is 1.49. The van der Waals surface area contributed by atoms with Crippen molar-refractivity contribution in [3.05, 3.63) is 42.5 Å². The lowest BCUT2D eigenvalue weighted by molar-refractivity contribution is -0.119. The van der Waals surface area contributed by atoms with Gasteiger partial charge in [-0.15, -0.1) is 0 Å². The first-order valence-corrected chi connectivity index (χ1v) is 7.72. The van der Waals surface area contributed by atoms with E-state index in [1.165, 1.54) is 0 Å². The fourth-order valence-corrected chi connectivity index (χ4v) is 2.65. The molecule has 122 valence electrons. The fourth-order valence-electron chi connectivity index (χ4n) is 2.65. The van der Waals surface area contributed by atoms with Crippen molar-refractivity contribution in [2.24, 2.45) is 0 Å². The zero-order chi connectivity index (χ0) is 16.1. The smallest absolute Gasteiger partial charge is 0.238 e. The van der Waals surface area contributed by atoms with E-state index in [9.17, 15) is 4.79 Å². The summed E-state index contributed by atoms with van der Waals surface area (Å²) in [6, 6.07) is 3.56. The van der Waals surface area contributed by atoms with Crippen LogP contribution >= 0.6 is 0 Å². The van der Waals surface area contributed by atoms with Crippen LogP contribution in [-0.4, -0.2) is 57.9 Å². The number of morpholine rings is 1. The summed E-state index contributed by atoms with van der Waals surface area (Å²) in [4.78, 5) is 18.2. The zero-order valence-corrected chi connectivity index (χ0v) is 13.2. The molecule has 1 saturated heterocycles. The van der Waals surface area contributed by atoms with E-state index < -0.39 is 0 Å². The molecule has 0 aliphatic carbocycles. The Kier molecular flexibility index (Phi) is 4.99. The minimum atomic E-state index is -0.0215. The molecule has 23 heavy (non-hydrogen) atoms. The van der Waals surface area contributed by atoms with Gasteiger partial charge in [-0.25, -0.2) is 0 Å². The molecule has 7 heteroatoms. The lowest BCUT2D eigenvalue weighted by atomic mass is 10.2. The van der Waals surface area contributed by atoms with Crippen molar-refractivity contribution in [1.29, 1.82) is 0 Å². The Labute approximate surface area is 135 Å². The van der Waals surface area contributed by atoms with Gasteiger partial charge in [0.1, 0.15) is 0 Å². The van der Waals surface area contributed by atoms with E-state index in [0.29, 0.717) is 19.7 Å². The lowest BCUT2D eigenvalue weighted by Gasteiger charge is -2.32. The third-order valence-electron chi connectivity index (χ3n) is 3.71. The van der Waals surface area contributed by atoms with Gasteiger partial charge in [-0.1, -0.05) is 0 Å². The predicted octanol–water partition coefficient (Wildman–Crippen LogP) is 0.926. The van der Waals surface area contributed by atoms with Crippen molar-refractivity contribution in [2.45, 2.75) is 19.6 Å². The molecule has 2 aromatic rings. The van der Waals surface area contributed by atoms with Crippen molar-refractivity contribution >= 4 is 11.6 Å². The summed E-state index contributed by atoms with van der Waals surface area (Å²) in [7, 11) is 0. The quantitative estimate of drug-likeness (QED) is 0.888. The molecule has 1 amide bonds. The van der Waals surface area contributed by atoms with Gasteiger partial charge in [-0.3, -0.25) is 19.4 Å². The normalized spacial score (nSPS) is 18.7. The van der Waals surface area contributed by atoms with Gasteiger partial charge in [0.15, 0.2) is 0 Å². The average Bonchev–Trinajstić information content (AvgIpc) is 2.93. The lowest BCUT2D eigenvalue weighted by Crippen LogP contribution is -2.47. The van der Waals surface area contributed by atoms with Gasteiger partial charge in [0.05, 0.1) is 32.0 Å². The topological polar surface area (TPSA) is 72.3 Å². The molecule has 3 rings (SSSR count). The highest BCUT2D eigenvalue weighted by Gasteiger charge is 2.22. The SMILES string of the molecule is Cc1cnn(C[C@H]2CN(CC(=O)Nc3ccncc3)CCO2)c1. The van der Waals surface area contributed by atoms with Gasteiger partial charge in [0, 0.05) is 37.4 Å². The van der Waals surface area contributed by atoms with Gasteiger partial charge >= 0.3 is 0 Å². The Morgan fingerprint density at radius 1 is 1.43 bits per heavy atom. The highest BCUT2D eigenvalue weighted by atomic mass is 16.5. The molecule has 7 nitrogen and oxygen atoms in total. The summed E-state index contributed by atoms with van der Waals surface area (Å²) in [5, 5.41) is 7.16. The summed E-state index contributed by atoms with van der Waals surface area (Å²) < 4.78 is 7.67. The Hall–Kier alpha value is -2.25. The van der Waals surface area contributed by atoms with E-state index in [2.05, 4.69) is 20.3 Å². The van der Waals surface area contributed by atoms with Crippen molar-refractivity contribution < 1.29 is 9.53 Å². The second-order valence-corrected chi connectivity index (χ2v) is 5.75. The number of carbonyl (C=O) groups excluding carboxylic acids is 1. The Morgan fingerprint density at radius 3 is 3.00 bits per heavy atom. The maximum absolute atomic E-state index is 12.1. The number of pyridine rings is 1. The number of nitrogens with one attached hydrogen (secondary N) is 1. The van der Waals surface area contributed by atoms with Crippen LogP contribution in [0.25, 0.3) is 0 Å². The maximum atomic E-state index is 12.1. The number of ether oxygens (including phenoxy) is 1. The van der Waals surface area contributed by atoms with Crippen LogP contribution in [0.4, 0.5) is 5.69 Å². The van der Waals surface area contributed by atoms with Crippen LogP contribution in [-0.2, 0) is 16.1 Å². The predicted molar refractivity (Wildman–Crippen MR) is 86.0 cm³/mol. The molecular weight excluding hydrogens is 294 g/mol. The average molecular weight is 315 g/mol. The summed E-state index contributed by atoms with van der Waals surface area (Å²) in [6.07, 6.45) is 7.21. The fraction of sp³-hybridized carbons (Fsp3) is 0.438. The van der Waals surface area contributed by atoms with Gasteiger partial charge in [0.25, 0.3) is 0 Å². The molecule has 0 spiro atoms. The number of amides is 1. The molecule has 0 unspecified atom stereocenters. The maximum Gasteiger partial charge on any atom is 0.238 e. The van der Waals surface area contributed by atoms with E-state index in [0.717, 1.165) is 24.3 Å². The van der Waals surface area contributed by atoms with Crippen molar-refractivity contribution in [3.63, 3.8) is 0 Å². The first-order valence-electron chi connectivity index (χ1n) is 7.72. The molecule has 0 aromatic carbocycles. The third kappa shape index (κ3) is 4.61. The van der Waals surface area contributed by atoms with Gasteiger partial charge in [-0.2, -0.15) is 5.10 Å². The number of anilines is 1. The standard InChI is InChI=1S/C16H21N5O2/c1-13-8-18-21(9-13)11-15-10-20(6-7-23-15)12-16(22)19-14-2-4-17-5-3-14/h2-5,8-9,15H,6-7,10-12H2,1H3,(H,17,19,22)/t15-/m1/s1. The number of nitrogens with zero attached hydrogens (tertiary/aromatic N) is 4. The van der Waals surface area contributed by atoms with Crippen LogP contribution in [0.15, 0.2) is 36.9 Å². The molecule has 0 radical (unpaired) electrons. The molecule has 1 aliphatic heterocycles. The Morgan fingerprint density at radius 2 is 2.26 bits per heavy atom. The van der Waals surface area contributed by atoms with E-state index >= 15 is 0 Å². The summed E-state index contributed by atoms with van der Waals surface area (Å²) in [5.74, 6) is -0.0215. The molecule has 3 heterocycles. The first kappa shape index (κ1) is 15.6. The highest BCUT2D eigenvalue weighted by molar-refractivity contribution is 5.92. The van der Waals surface area contributed by atoms with Gasteiger partial charge < -0.3 is 10.1 Å². The van der Waals surface area contributed by atoms with Crippen molar-refractivity contribution in [2.75, 3.05) is 31.6 Å². The van der Waals surface area contributed by atoms with Crippen LogP contribution in [0.5, 0.6) is 0 Å². The largest absolute Gasteiger partial charge is 0.374 e. The van der Waals surface area contributed by atoms with Crippen LogP contribution in [0.2, 0.25) is 0 Å². The molecule has 1 aliphatic rings. The molecule has 1 atom stereocenters. The number of hydrogen-bond donors (Lipinski definition) is 1. The summed E-state index contributed by atoms with van der Waals surface area (Å²) in [6.45, 7) is 5.20. The van der Waals surface area contributed by atoms with E-state index in [4.69, 9.17) is 4.74 Å². The van der Waals surface area contributed by atoms with Crippen LogP contribution in [0, 0.1) is 6.92 Å². The second kappa shape index (κ2) is 7.34. The zero-order valence-electron chi connectivity index (χ0n) is 13.2. The van der Waals surface area contributed by atoms with Crippen molar-refractivity contribution in [3.8, 4) is 0 Å². The van der Waals surface area contributed by atoms with Crippen LogP contribution < -0.4 is 5.32 Å². The third-order valence-corrected chi connectivity index (χ3v) is 3.71.